The van der Waals surface area contributed by atoms with Crippen molar-refractivity contribution in [3.8, 4) is 23.1 Å². The van der Waals surface area contributed by atoms with Gasteiger partial charge in [-0.15, -0.1) is 0 Å². The normalized spacial score (nSPS) is 11.4. The smallest absolute Gasteiger partial charge is 0.232 e. The second-order valence-electron chi connectivity index (χ2n) is 6.27. The fraction of sp³-hybridized carbons (Fsp3) is 0.286. The van der Waals surface area contributed by atoms with E-state index in [1.165, 1.54) is 0 Å². The van der Waals surface area contributed by atoms with Crippen molar-refractivity contribution < 1.29 is 13.2 Å². The fourth-order valence-corrected chi connectivity index (χ4v) is 3.91. The number of sulfonamides is 1. The van der Waals surface area contributed by atoms with Gasteiger partial charge in [-0.25, -0.2) is 8.42 Å². The SMILES string of the molecule is CCOc1ccc(-c2c(C#N)c3ccc(NS(=O)(=O)CC)cc3n2CC)cc1. The van der Waals surface area contributed by atoms with Crippen molar-refractivity contribution in [3.63, 3.8) is 0 Å². The molecule has 0 aliphatic heterocycles. The molecule has 0 amide bonds. The highest BCUT2D eigenvalue weighted by Crippen LogP contribution is 2.35. The molecule has 1 aromatic heterocycles. The molecule has 1 N–H and O–H groups in total. The van der Waals surface area contributed by atoms with Crippen LogP contribution in [0.3, 0.4) is 0 Å². The van der Waals surface area contributed by atoms with E-state index in [1.807, 2.05) is 42.7 Å². The first-order valence-electron chi connectivity index (χ1n) is 9.24. The van der Waals surface area contributed by atoms with Crippen molar-refractivity contribution in [2.75, 3.05) is 17.1 Å². The average Bonchev–Trinajstić information content (AvgIpc) is 3.01. The van der Waals surface area contributed by atoms with Gasteiger partial charge in [-0.1, -0.05) is 0 Å². The van der Waals surface area contributed by atoms with Gasteiger partial charge in [-0.05, 0) is 68.8 Å². The highest BCUT2D eigenvalue weighted by molar-refractivity contribution is 7.92. The molecule has 0 saturated heterocycles. The maximum absolute atomic E-state index is 11.9. The number of rotatable bonds is 7. The van der Waals surface area contributed by atoms with Crippen molar-refractivity contribution in [1.82, 2.24) is 4.57 Å². The molecule has 146 valence electrons. The van der Waals surface area contributed by atoms with Gasteiger partial charge in [0.25, 0.3) is 0 Å². The van der Waals surface area contributed by atoms with E-state index in [-0.39, 0.29) is 5.75 Å². The third-order valence-electron chi connectivity index (χ3n) is 4.58. The van der Waals surface area contributed by atoms with Crippen molar-refractivity contribution in [1.29, 1.82) is 5.26 Å². The predicted octanol–water partition coefficient (Wildman–Crippen LogP) is 4.36. The summed E-state index contributed by atoms with van der Waals surface area (Å²) in [5, 5.41) is 10.6. The van der Waals surface area contributed by atoms with Gasteiger partial charge in [0.1, 0.15) is 11.8 Å². The molecule has 3 aromatic rings. The van der Waals surface area contributed by atoms with Gasteiger partial charge < -0.3 is 9.30 Å². The predicted molar refractivity (Wildman–Crippen MR) is 112 cm³/mol. The Morgan fingerprint density at radius 2 is 1.82 bits per heavy atom. The zero-order valence-electron chi connectivity index (χ0n) is 16.2. The number of anilines is 1. The molecule has 0 aliphatic rings. The number of aryl methyl sites for hydroxylation is 1. The number of nitrogens with zero attached hydrogens (tertiary/aromatic N) is 2. The van der Waals surface area contributed by atoms with Crippen molar-refractivity contribution in [2.45, 2.75) is 27.3 Å². The first-order valence-corrected chi connectivity index (χ1v) is 10.9. The lowest BCUT2D eigenvalue weighted by molar-refractivity contribution is 0.340. The second kappa shape index (κ2) is 7.95. The van der Waals surface area contributed by atoms with Crippen LogP contribution in [0.25, 0.3) is 22.2 Å². The molecule has 0 unspecified atom stereocenters. The van der Waals surface area contributed by atoms with Gasteiger partial charge in [0.05, 0.1) is 34.8 Å². The minimum atomic E-state index is -3.37. The number of aromatic nitrogens is 1. The molecule has 7 heteroatoms. The van der Waals surface area contributed by atoms with Gasteiger partial charge in [-0.3, -0.25) is 4.72 Å². The molecule has 0 fully saturated rings. The first kappa shape index (κ1) is 19.8. The minimum Gasteiger partial charge on any atom is -0.494 e. The summed E-state index contributed by atoms with van der Waals surface area (Å²) in [7, 11) is -3.37. The van der Waals surface area contributed by atoms with Gasteiger partial charge in [0.15, 0.2) is 0 Å². The van der Waals surface area contributed by atoms with Crippen LogP contribution in [0, 0.1) is 11.3 Å². The molecular weight excluding hydrogens is 374 g/mol. The number of nitrogens with one attached hydrogen (secondary N) is 1. The van der Waals surface area contributed by atoms with Crippen LogP contribution in [-0.4, -0.2) is 25.3 Å². The van der Waals surface area contributed by atoms with E-state index in [0.29, 0.717) is 24.4 Å². The molecule has 3 rings (SSSR count). The van der Waals surface area contributed by atoms with E-state index >= 15 is 0 Å². The van der Waals surface area contributed by atoms with E-state index < -0.39 is 10.0 Å². The van der Waals surface area contributed by atoms with Gasteiger partial charge in [0.2, 0.25) is 10.0 Å². The van der Waals surface area contributed by atoms with E-state index in [1.54, 1.807) is 25.1 Å². The van der Waals surface area contributed by atoms with Crippen molar-refractivity contribution in [2.24, 2.45) is 0 Å². The van der Waals surface area contributed by atoms with Gasteiger partial charge in [0, 0.05) is 11.9 Å². The van der Waals surface area contributed by atoms with Crippen molar-refractivity contribution >= 4 is 26.6 Å². The summed E-state index contributed by atoms with van der Waals surface area (Å²) in [6.45, 7) is 6.76. The largest absolute Gasteiger partial charge is 0.494 e. The third-order valence-corrected chi connectivity index (χ3v) is 5.89. The Morgan fingerprint density at radius 3 is 2.39 bits per heavy atom. The van der Waals surface area contributed by atoms with Crippen LogP contribution >= 0.6 is 0 Å². The number of benzene rings is 2. The third kappa shape index (κ3) is 3.69. The Morgan fingerprint density at radius 1 is 1.11 bits per heavy atom. The summed E-state index contributed by atoms with van der Waals surface area (Å²) in [5.74, 6) is 0.779. The Hall–Kier alpha value is -2.98. The zero-order valence-corrected chi connectivity index (χ0v) is 17.0. The molecule has 0 radical (unpaired) electrons. The highest BCUT2D eigenvalue weighted by atomic mass is 32.2. The van der Waals surface area contributed by atoms with E-state index in [2.05, 4.69) is 10.8 Å². The molecule has 0 spiro atoms. The van der Waals surface area contributed by atoms with Gasteiger partial charge in [-0.2, -0.15) is 5.26 Å². The molecule has 1 heterocycles. The lowest BCUT2D eigenvalue weighted by atomic mass is 10.1. The summed E-state index contributed by atoms with van der Waals surface area (Å²) < 4.78 is 33.9. The first-order chi connectivity index (χ1) is 13.4. The van der Waals surface area contributed by atoms with Crippen LogP contribution in [0.4, 0.5) is 5.69 Å². The maximum Gasteiger partial charge on any atom is 0.232 e. The number of hydrogen-bond donors (Lipinski definition) is 1. The number of ether oxygens (including phenoxy) is 1. The summed E-state index contributed by atoms with van der Waals surface area (Å²) in [6.07, 6.45) is 0. The van der Waals surface area contributed by atoms with Crippen LogP contribution in [0.2, 0.25) is 0 Å². The maximum atomic E-state index is 11.9. The Kier molecular flexibility index (Phi) is 5.61. The summed E-state index contributed by atoms with van der Waals surface area (Å²) in [4.78, 5) is 0. The van der Waals surface area contributed by atoms with Crippen LogP contribution in [-0.2, 0) is 16.6 Å². The second-order valence-corrected chi connectivity index (χ2v) is 8.29. The standard InChI is InChI=1S/C21H23N3O3S/c1-4-24-20-13-16(23-28(25,26)6-3)9-12-18(20)19(14-22)21(24)15-7-10-17(11-8-15)27-5-2/h7-13,23H,4-6H2,1-3H3. The quantitative estimate of drug-likeness (QED) is 0.642. The summed E-state index contributed by atoms with van der Waals surface area (Å²) in [5.41, 5.74) is 3.61. The van der Waals surface area contributed by atoms with E-state index in [9.17, 15) is 13.7 Å². The van der Waals surface area contributed by atoms with E-state index in [0.717, 1.165) is 27.9 Å². The number of hydrogen-bond acceptors (Lipinski definition) is 4. The lowest BCUT2D eigenvalue weighted by Gasteiger charge is -2.11. The molecular formula is C21H23N3O3S. The summed E-state index contributed by atoms with van der Waals surface area (Å²) in [6, 6.07) is 15.2. The topological polar surface area (TPSA) is 84.1 Å². The summed E-state index contributed by atoms with van der Waals surface area (Å²) >= 11 is 0. The fourth-order valence-electron chi connectivity index (χ4n) is 3.28. The van der Waals surface area contributed by atoms with Gasteiger partial charge >= 0.3 is 0 Å². The molecule has 0 atom stereocenters. The minimum absolute atomic E-state index is 0.000696. The molecule has 0 saturated carbocycles. The number of fused-ring (bicyclic) bond motifs is 1. The monoisotopic (exact) mass is 397 g/mol. The van der Waals surface area contributed by atoms with Crippen LogP contribution in [0.5, 0.6) is 5.75 Å². The Balaban J connectivity index is 2.18. The molecule has 2 aromatic carbocycles. The van der Waals surface area contributed by atoms with Crippen LogP contribution in [0.15, 0.2) is 42.5 Å². The molecule has 0 aliphatic carbocycles. The zero-order chi connectivity index (χ0) is 20.3. The van der Waals surface area contributed by atoms with E-state index in [4.69, 9.17) is 4.74 Å². The average molecular weight is 398 g/mol. The highest BCUT2D eigenvalue weighted by Gasteiger charge is 2.19. The lowest BCUT2D eigenvalue weighted by Crippen LogP contribution is -2.14. The molecule has 0 bridgehead atoms. The molecule has 28 heavy (non-hydrogen) atoms. The van der Waals surface area contributed by atoms with Crippen molar-refractivity contribution in [3.05, 3.63) is 48.0 Å². The van der Waals surface area contributed by atoms with Crippen LogP contribution < -0.4 is 9.46 Å². The molecule has 6 nitrogen and oxygen atoms in total. The van der Waals surface area contributed by atoms with Crippen LogP contribution in [0.1, 0.15) is 26.3 Å². The Labute approximate surface area is 165 Å². The Bertz CT molecular complexity index is 1140. The number of nitriles is 1.